The van der Waals surface area contributed by atoms with Gasteiger partial charge >= 0.3 is 0 Å². The Balaban J connectivity index is 1.63. The zero-order chi connectivity index (χ0) is 20.0. The van der Waals surface area contributed by atoms with Crippen LogP contribution in [0.25, 0.3) is 0 Å². The second-order valence-corrected chi connectivity index (χ2v) is 8.59. The lowest BCUT2D eigenvalue weighted by Gasteiger charge is -2.29. The lowest BCUT2D eigenvalue weighted by Crippen LogP contribution is -2.38. The van der Waals surface area contributed by atoms with Crippen molar-refractivity contribution in [3.63, 3.8) is 0 Å². The molecule has 2 aliphatic rings. The van der Waals surface area contributed by atoms with E-state index in [0.29, 0.717) is 22.7 Å². The first-order valence-electron chi connectivity index (χ1n) is 8.93. The van der Waals surface area contributed by atoms with Crippen molar-refractivity contribution in [1.82, 2.24) is 4.90 Å². The van der Waals surface area contributed by atoms with Crippen LogP contribution in [-0.2, 0) is 4.79 Å². The molecule has 6 nitrogen and oxygen atoms in total. The summed E-state index contributed by atoms with van der Waals surface area (Å²) >= 11 is 5.07. The van der Waals surface area contributed by atoms with Gasteiger partial charge in [-0.2, -0.15) is 0 Å². The maximum absolute atomic E-state index is 13.5. The quantitative estimate of drug-likeness (QED) is 0.601. The number of nitrogens with one attached hydrogen (secondary N) is 1. The first-order chi connectivity index (χ1) is 14.1. The molecule has 0 aliphatic carbocycles. The summed E-state index contributed by atoms with van der Waals surface area (Å²) in [7, 11) is 0. The Morgan fingerprint density at radius 2 is 2.00 bits per heavy atom. The summed E-state index contributed by atoms with van der Waals surface area (Å²) in [6.45, 7) is 0.0838. The van der Waals surface area contributed by atoms with Crippen molar-refractivity contribution >= 4 is 44.8 Å². The number of halogens is 1. The number of benzene rings is 2. The van der Waals surface area contributed by atoms with E-state index in [1.54, 1.807) is 34.4 Å². The fraction of sp³-hybridized carbons (Fsp3) is 0.143. The van der Waals surface area contributed by atoms with Gasteiger partial charge in [-0.25, -0.2) is 0 Å². The maximum atomic E-state index is 13.5. The number of ether oxygens (including phenoxy) is 2. The SMILES string of the molecule is O=C1CN(C(=O)c2ccc3c(c2)OCO3)C(c2cccs2)c2cc(Br)ccc2N1. The van der Waals surface area contributed by atoms with Gasteiger partial charge in [-0.15, -0.1) is 11.3 Å². The topological polar surface area (TPSA) is 67.9 Å². The fourth-order valence-electron chi connectivity index (χ4n) is 3.62. The van der Waals surface area contributed by atoms with Crippen LogP contribution in [0.15, 0.2) is 58.4 Å². The molecule has 0 bridgehead atoms. The summed E-state index contributed by atoms with van der Waals surface area (Å²) < 4.78 is 11.6. The van der Waals surface area contributed by atoms with Crippen LogP contribution in [-0.4, -0.2) is 30.1 Å². The van der Waals surface area contributed by atoms with Gasteiger partial charge in [0, 0.05) is 26.2 Å². The number of amides is 2. The molecule has 1 aromatic heterocycles. The molecule has 2 aromatic carbocycles. The van der Waals surface area contributed by atoms with E-state index >= 15 is 0 Å². The molecular weight excluding hydrogens is 456 g/mol. The predicted molar refractivity (Wildman–Crippen MR) is 113 cm³/mol. The molecule has 0 radical (unpaired) electrons. The number of nitrogens with zero attached hydrogens (tertiary/aromatic N) is 1. The average Bonchev–Trinajstić information content (AvgIpc) is 3.38. The van der Waals surface area contributed by atoms with Crippen LogP contribution in [0.2, 0.25) is 0 Å². The molecule has 0 saturated heterocycles. The molecular formula is C21H15BrN2O4S. The highest BCUT2D eigenvalue weighted by Crippen LogP contribution is 2.40. The van der Waals surface area contributed by atoms with Crippen LogP contribution in [0.5, 0.6) is 11.5 Å². The number of fused-ring (bicyclic) bond motifs is 2. The molecule has 146 valence electrons. The third-order valence-corrected chi connectivity index (χ3v) is 6.32. The molecule has 1 N–H and O–H groups in total. The van der Waals surface area contributed by atoms with Gasteiger partial charge in [0.15, 0.2) is 11.5 Å². The maximum Gasteiger partial charge on any atom is 0.255 e. The summed E-state index contributed by atoms with van der Waals surface area (Å²) in [5.74, 6) is 0.664. The van der Waals surface area contributed by atoms with Crippen molar-refractivity contribution in [2.75, 3.05) is 18.7 Å². The molecule has 2 amide bonds. The number of carbonyl (C=O) groups is 2. The molecule has 8 heteroatoms. The van der Waals surface area contributed by atoms with Crippen molar-refractivity contribution in [1.29, 1.82) is 0 Å². The minimum absolute atomic E-state index is 0.0534. The number of thiophene rings is 1. The molecule has 2 aliphatic heterocycles. The van der Waals surface area contributed by atoms with Gasteiger partial charge in [-0.1, -0.05) is 22.0 Å². The average molecular weight is 471 g/mol. The molecule has 5 rings (SSSR count). The van der Waals surface area contributed by atoms with Gasteiger partial charge in [-0.3, -0.25) is 9.59 Å². The number of hydrogen-bond donors (Lipinski definition) is 1. The highest BCUT2D eigenvalue weighted by atomic mass is 79.9. The Kier molecular flexibility index (Phi) is 4.52. The summed E-state index contributed by atoms with van der Waals surface area (Å²) in [5, 5.41) is 4.89. The number of rotatable bonds is 2. The van der Waals surface area contributed by atoms with Gasteiger partial charge in [0.05, 0.1) is 6.04 Å². The van der Waals surface area contributed by atoms with Crippen molar-refractivity contribution in [2.45, 2.75) is 6.04 Å². The summed E-state index contributed by atoms with van der Waals surface area (Å²) in [6, 6.07) is 14.3. The van der Waals surface area contributed by atoms with E-state index in [0.717, 1.165) is 14.9 Å². The first kappa shape index (κ1) is 18.2. The third-order valence-electron chi connectivity index (χ3n) is 4.90. The van der Waals surface area contributed by atoms with E-state index in [9.17, 15) is 9.59 Å². The normalized spacial score (nSPS) is 17.5. The molecule has 0 saturated carbocycles. The zero-order valence-electron chi connectivity index (χ0n) is 15.1. The Labute approximate surface area is 179 Å². The lowest BCUT2D eigenvalue weighted by atomic mass is 10.0. The molecule has 1 atom stereocenters. The van der Waals surface area contributed by atoms with E-state index in [2.05, 4.69) is 21.2 Å². The first-order valence-corrected chi connectivity index (χ1v) is 10.6. The third kappa shape index (κ3) is 3.28. The Morgan fingerprint density at radius 3 is 2.83 bits per heavy atom. The highest BCUT2D eigenvalue weighted by Gasteiger charge is 2.35. The van der Waals surface area contributed by atoms with Crippen LogP contribution < -0.4 is 14.8 Å². The smallest absolute Gasteiger partial charge is 0.255 e. The van der Waals surface area contributed by atoms with E-state index in [1.807, 2.05) is 35.7 Å². The van der Waals surface area contributed by atoms with Crippen molar-refractivity contribution in [3.8, 4) is 11.5 Å². The highest BCUT2D eigenvalue weighted by molar-refractivity contribution is 9.10. The second-order valence-electron chi connectivity index (χ2n) is 6.70. The van der Waals surface area contributed by atoms with Gasteiger partial charge in [0.1, 0.15) is 6.54 Å². The van der Waals surface area contributed by atoms with Crippen molar-refractivity contribution in [3.05, 3.63) is 74.4 Å². The summed E-state index contributed by atoms with van der Waals surface area (Å²) in [5.41, 5.74) is 2.02. The van der Waals surface area contributed by atoms with E-state index in [1.165, 1.54) is 0 Å². The predicted octanol–water partition coefficient (Wildman–Crippen LogP) is 4.42. The summed E-state index contributed by atoms with van der Waals surface area (Å²) in [4.78, 5) is 28.8. The van der Waals surface area contributed by atoms with E-state index in [4.69, 9.17) is 9.47 Å². The van der Waals surface area contributed by atoms with Crippen molar-refractivity contribution < 1.29 is 19.1 Å². The molecule has 1 unspecified atom stereocenters. The lowest BCUT2D eigenvalue weighted by molar-refractivity contribution is -0.117. The molecule has 3 heterocycles. The van der Waals surface area contributed by atoms with Gasteiger partial charge in [0.25, 0.3) is 5.91 Å². The largest absolute Gasteiger partial charge is 0.454 e. The Hall–Kier alpha value is -2.84. The molecule has 0 spiro atoms. The fourth-order valence-corrected chi connectivity index (χ4v) is 4.85. The molecule has 0 fully saturated rings. The second kappa shape index (κ2) is 7.20. The Bertz CT molecular complexity index is 1120. The minimum Gasteiger partial charge on any atom is -0.454 e. The monoisotopic (exact) mass is 470 g/mol. The molecule has 29 heavy (non-hydrogen) atoms. The van der Waals surface area contributed by atoms with Gasteiger partial charge in [0.2, 0.25) is 12.7 Å². The number of anilines is 1. The van der Waals surface area contributed by atoms with Crippen molar-refractivity contribution in [2.24, 2.45) is 0 Å². The van der Waals surface area contributed by atoms with E-state index < -0.39 is 0 Å². The van der Waals surface area contributed by atoms with Crippen LogP contribution in [0.1, 0.15) is 26.8 Å². The summed E-state index contributed by atoms with van der Waals surface area (Å²) in [6.07, 6.45) is 0. The number of carbonyl (C=O) groups excluding carboxylic acids is 2. The Morgan fingerprint density at radius 1 is 1.14 bits per heavy atom. The van der Waals surface area contributed by atoms with Gasteiger partial charge in [-0.05, 0) is 47.8 Å². The van der Waals surface area contributed by atoms with Crippen LogP contribution >= 0.6 is 27.3 Å². The minimum atomic E-state index is -0.389. The van der Waals surface area contributed by atoms with Crippen LogP contribution in [0.4, 0.5) is 5.69 Å². The molecule has 3 aromatic rings. The van der Waals surface area contributed by atoms with Crippen LogP contribution in [0.3, 0.4) is 0 Å². The van der Waals surface area contributed by atoms with Gasteiger partial charge < -0.3 is 19.7 Å². The zero-order valence-corrected chi connectivity index (χ0v) is 17.5. The van der Waals surface area contributed by atoms with E-state index in [-0.39, 0.29) is 31.2 Å². The standard InChI is InChI=1S/C21H15BrN2O4S/c22-13-4-5-15-14(9-13)20(18-2-1-7-29-18)24(10-19(25)23-15)21(26)12-3-6-16-17(8-12)28-11-27-16/h1-9,20H,10-11H2,(H,23,25). The van der Waals surface area contributed by atoms with Crippen LogP contribution in [0, 0.1) is 0 Å². The number of hydrogen-bond acceptors (Lipinski definition) is 5.